The molecular weight excluding hydrogens is 743 g/mol. The lowest BCUT2D eigenvalue weighted by molar-refractivity contribution is -0.151. The van der Waals surface area contributed by atoms with Crippen LogP contribution in [0.1, 0.15) is 69.7 Å². The highest BCUT2D eigenvalue weighted by atomic mass is 16.5. The van der Waals surface area contributed by atoms with Gasteiger partial charge in [0.15, 0.2) is 0 Å². The zero-order chi connectivity index (χ0) is 41.1. The number of nitrogens with zero attached hydrogens (tertiary/aromatic N) is 4. The fraction of sp³-hybridized carbons (Fsp3) is 0.442. The molecule has 2 aliphatic heterocycles. The molecule has 3 amide bonds. The van der Waals surface area contributed by atoms with Crippen LogP contribution in [0.15, 0.2) is 60.8 Å². The van der Waals surface area contributed by atoms with Crippen LogP contribution in [0.25, 0.3) is 44.2 Å². The van der Waals surface area contributed by atoms with Gasteiger partial charge in [0.1, 0.15) is 17.7 Å². The molecule has 2 saturated heterocycles. The topological polar surface area (TPSA) is 181 Å². The Morgan fingerprint density at radius 1 is 0.776 bits per heavy atom. The van der Waals surface area contributed by atoms with Gasteiger partial charge in [-0.15, -0.1) is 0 Å². The van der Waals surface area contributed by atoms with Crippen LogP contribution in [0.3, 0.4) is 0 Å². The van der Waals surface area contributed by atoms with Gasteiger partial charge >= 0.3 is 12.1 Å². The van der Waals surface area contributed by atoms with Crippen LogP contribution < -0.4 is 5.32 Å². The van der Waals surface area contributed by atoms with Gasteiger partial charge in [0, 0.05) is 32.7 Å². The quantitative estimate of drug-likeness (QED) is 0.118. The Kier molecular flexibility index (Phi) is 12.1. The first-order chi connectivity index (χ1) is 28.0. The average molecular weight is 794 g/mol. The maximum atomic E-state index is 13.8. The lowest BCUT2D eigenvalue weighted by Gasteiger charge is -2.30. The fourth-order valence-electron chi connectivity index (χ4n) is 8.26. The number of ether oxygens (including phenoxy) is 4. The minimum absolute atomic E-state index is 0.0497. The summed E-state index contributed by atoms with van der Waals surface area (Å²) in [4.78, 5) is 71.9. The van der Waals surface area contributed by atoms with E-state index in [4.69, 9.17) is 23.9 Å². The first-order valence-corrected chi connectivity index (χ1v) is 19.7. The number of carbonyl (C=O) groups is 4. The second-order valence-corrected chi connectivity index (χ2v) is 15.0. The van der Waals surface area contributed by atoms with Gasteiger partial charge < -0.3 is 44.0 Å². The highest BCUT2D eigenvalue weighted by Crippen LogP contribution is 2.37. The number of fused-ring (bicyclic) bond motifs is 3. The number of imidazole rings is 2. The molecule has 0 unspecified atom stereocenters. The number of hydrogen-bond acceptors (Lipinski definition) is 10. The van der Waals surface area contributed by atoms with Gasteiger partial charge in [-0.25, -0.2) is 14.8 Å². The number of benzene rings is 3. The van der Waals surface area contributed by atoms with Crippen LogP contribution >= 0.6 is 0 Å². The molecule has 0 bridgehead atoms. The number of carbonyl (C=O) groups excluding carboxylic acids is 4. The molecule has 0 aliphatic carbocycles. The fourth-order valence-corrected chi connectivity index (χ4v) is 8.26. The Labute approximate surface area is 336 Å². The first kappa shape index (κ1) is 40.4. The number of methoxy groups -OCH3 is 4. The van der Waals surface area contributed by atoms with Crippen LogP contribution in [-0.2, 0) is 33.3 Å². The van der Waals surface area contributed by atoms with Gasteiger partial charge in [0.05, 0.1) is 73.8 Å². The normalized spacial score (nSPS) is 18.9. The number of H-pyrrole nitrogens is 2. The zero-order valence-corrected chi connectivity index (χ0v) is 33.7. The van der Waals surface area contributed by atoms with Crippen molar-refractivity contribution in [3.8, 4) is 22.4 Å². The molecule has 3 aromatic carbocycles. The minimum atomic E-state index is -0.900. The van der Waals surface area contributed by atoms with Crippen molar-refractivity contribution < 1.29 is 38.1 Å². The predicted octanol–water partition coefficient (Wildman–Crippen LogP) is 6.07. The van der Waals surface area contributed by atoms with Crippen molar-refractivity contribution in [2.45, 2.75) is 76.3 Å². The Bertz CT molecular complexity index is 2290. The van der Waals surface area contributed by atoms with Crippen LogP contribution in [-0.4, -0.2) is 113 Å². The lowest BCUT2D eigenvalue weighted by Crippen LogP contribution is -2.54. The van der Waals surface area contributed by atoms with E-state index in [-0.39, 0.29) is 30.3 Å². The molecule has 15 nitrogen and oxygen atoms in total. The molecule has 6 atom stereocenters. The third-order valence-corrected chi connectivity index (χ3v) is 11.7. The van der Waals surface area contributed by atoms with Crippen LogP contribution in [0.2, 0.25) is 0 Å². The van der Waals surface area contributed by atoms with E-state index in [1.165, 1.54) is 21.3 Å². The van der Waals surface area contributed by atoms with E-state index in [0.29, 0.717) is 18.9 Å². The Balaban J connectivity index is 1.07. The van der Waals surface area contributed by atoms with E-state index in [2.05, 4.69) is 56.7 Å². The molecule has 0 radical (unpaired) electrons. The van der Waals surface area contributed by atoms with E-state index in [1.54, 1.807) is 32.1 Å². The highest BCUT2D eigenvalue weighted by molar-refractivity contribution is 6.05. The predicted molar refractivity (Wildman–Crippen MR) is 216 cm³/mol. The highest BCUT2D eigenvalue weighted by Gasteiger charge is 2.40. The Hall–Kier alpha value is -5.80. The van der Waals surface area contributed by atoms with E-state index in [9.17, 15) is 19.2 Å². The molecular formula is C43H51N7O8. The maximum absolute atomic E-state index is 13.8. The lowest BCUT2D eigenvalue weighted by atomic mass is 9.97. The van der Waals surface area contributed by atoms with Crippen LogP contribution in [0.5, 0.6) is 0 Å². The largest absolute Gasteiger partial charge is 0.469 e. The first-order valence-electron chi connectivity index (χ1n) is 19.7. The van der Waals surface area contributed by atoms with Crippen molar-refractivity contribution in [1.29, 1.82) is 0 Å². The summed E-state index contributed by atoms with van der Waals surface area (Å²) in [6.45, 7) is 4.65. The van der Waals surface area contributed by atoms with Crippen molar-refractivity contribution in [1.82, 2.24) is 35.1 Å². The van der Waals surface area contributed by atoms with Crippen LogP contribution in [0.4, 0.5) is 4.79 Å². The molecule has 58 heavy (non-hydrogen) atoms. The van der Waals surface area contributed by atoms with E-state index in [0.717, 1.165) is 75.7 Å². The third-order valence-electron chi connectivity index (χ3n) is 11.7. The molecule has 3 N–H and O–H groups in total. The second-order valence-electron chi connectivity index (χ2n) is 15.0. The van der Waals surface area contributed by atoms with Gasteiger partial charge in [0.25, 0.3) is 0 Å². The molecule has 2 aliphatic rings. The maximum Gasteiger partial charge on any atom is 0.407 e. The van der Waals surface area contributed by atoms with E-state index >= 15 is 0 Å². The number of alkyl carbamates (subject to hydrolysis) is 1. The summed E-state index contributed by atoms with van der Waals surface area (Å²) in [6, 6.07) is 17.3. The van der Waals surface area contributed by atoms with Crippen LogP contribution in [0, 0.1) is 5.92 Å². The molecule has 306 valence electrons. The summed E-state index contributed by atoms with van der Waals surface area (Å²) >= 11 is 0. The van der Waals surface area contributed by atoms with E-state index in [1.807, 2.05) is 23.1 Å². The van der Waals surface area contributed by atoms with Crippen molar-refractivity contribution in [3.05, 3.63) is 72.4 Å². The molecule has 15 heteroatoms. The molecule has 4 heterocycles. The van der Waals surface area contributed by atoms with Gasteiger partial charge in [-0.2, -0.15) is 0 Å². The van der Waals surface area contributed by atoms with Crippen molar-refractivity contribution >= 4 is 45.7 Å². The molecule has 0 spiro atoms. The smallest absolute Gasteiger partial charge is 0.407 e. The van der Waals surface area contributed by atoms with E-state index < -0.39 is 36.2 Å². The monoisotopic (exact) mass is 793 g/mol. The number of aromatic nitrogens is 4. The number of esters is 1. The SMILES string of the molecule is COC(=O)C[C@H](C(=O)N1CCC[C@H]1c1nc2c(ccc3cc(-c4ccc(-c5cnc([C@@H]6CCCN6C(=O)[C@@H](NC(=O)OC)[C@H](C)OC)[nH]5)cc4)ccc32)[nH]1)[C@@H](C)OC. The summed E-state index contributed by atoms with van der Waals surface area (Å²) in [5.41, 5.74) is 5.62. The van der Waals surface area contributed by atoms with Crippen molar-refractivity contribution in [3.63, 3.8) is 0 Å². The zero-order valence-electron chi connectivity index (χ0n) is 33.7. The summed E-state index contributed by atoms with van der Waals surface area (Å²) < 4.78 is 20.5. The summed E-state index contributed by atoms with van der Waals surface area (Å²) in [5.74, 6) is -0.0788. The summed E-state index contributed by atoms with van der Waals surface area (Å²) in [7, 11) is 5.62. The van der Waals surface area contributed by atoms with Gasteiger partial charge in [-0.3, -0.25) is 14.4 Å². The molecule has 0 saturated carbocycles. The number of likely N-dealkylation sites (tertiary alicyclic amines) is 2. The number of hydrogen-bond donors (Lipinski definition) is 3. The molecule has 5 aromatic rings. The standard InChI is InChI=1S/C43H51N7O8/c1-24(55-3)31(22-36(51)57-5)41(52)49-19-8-10-35(49)40-45-32-18-16-29-21-28(15-17-30(29)38(32)47-40)26-11-13-27(14-12-26)33-23-44-39(46-33)34-9-7-20-50(34)42(53)37(25(2)56-4)48-43(54)58-6/h11-18,21,23-25,31,34-35,37H,7-10,19-20,22H2,1-6H3,(H,44,46)(H,45,47)(H,48,54)/t24-,25+,31+,34+,35+,37+/m1/s1. The summed E-state index contributed by atoms with van der Waals surface area (Å²) in [6.07, 6.45) is 3.17. The molecule has 2 aromatic heterocycles. The average Bonchev–Trinajstić information content (AvgIpc) is 4.10. The molecule has 2 fully saturated rings. The number of nitrogens with one attached hydrogen (secondary N) is 3. The Morgan fingerprint density at radius 2 is 1.43 bits per heavy atom. The summed E-state index contributed by atoms with van der Waals surface area (Å²) in [5, 5.41) is 4.66. The third kappa shape index (κ3) is 8.01. The number of aromatic amines is 2. The van der Waals surface area contributed by atoms with Crippen molar-refractivity contribution in [2.24, 2.45) is 5.92 Å². The number of amides is 3. The number of rotatable bonds is 13. The van der Waals surface area contributed by atoms with Gasteiger partial charge in [-0.05, 0) is 73.7 Å². The van der Waals surface area contributed by atoms with Gasteiger partial charge in [-0.1, -0.05) is 42.5 Å². The molecule has 7 rings (SSSR count). The minimum Gasteiger partial charge on any atom is -0.469 e. The Morgan fingerprint density at radius 3 is 2.10 bits per heavy atom. The second kappa shape index (κ2) is 17.4. The van der Waals surface area contributed by atoms with Crippen molar-refractivity contribution in [2.75, 3.05) is 41.5 Å². The van der Waals surface area contributed by atoms with Gasteiger partial charge in [0.2, 0.25) is 11.8 Å².